The minimum absolute atomic E-state index is 0.720. The fraction of sp³-hybridized carbons (Fsp3) is 0.400. The van der Waals surface area contributed by atoms with Crippen LogP contribution in [-0.2, 0) is 5.75 Å². The van der Waals surface area contributed by atoms with E-state index in [9.17, 15) is 0 Å². The van der Waals surface area contributed by atoms with Gasteiger partial charge in [-0.25, -0.2) is 0 Å². The molecule has 0 bridgehead atoms. The summed E-state index contributed by atoms with van der Waals surface area (Å²) in [5.74, 6) is 2.36. The quantitative estimate of drug-likeness (QED) is 0.802. The highest BCUT2D eigenvalue weighted by Gasteiger charge is 2.17. The Hall–Kier alpha value is -1.23. The zero-order valence-electron chi connectivity index (χ0n) is 8.90. The monoisotopic (exact) mass is 224 g/mol. The average molecular weight is 224 g/mol. The van der Waals surface area contributed by atoms with Gasteiger partial charge in [-0.15, -0.1) is 0 Å². The highest BCUT2D eigenvalue weighted by Crippen LogP contribution is 2.28. The number of rotatable bonds is 3. The summed E-state index contributed by atoms with van der Waals surface area (Å²) in [6.45, 7) is 3.79. The van der Waals surface area contributed by atoms with Crippen LogP contribution in [0.1, 0.15) is 17.0 Å². The minimum atomic E-state index is 0.720. The Morgan fingerprint density at radius 1 is 1.27 bits per heavy atom. The van der Waals surface area contributed by atoms with E-state index in [1.54, 1.807) is 11.8 Å². The SMILES string of the molecule is CSCc1c(C)noc1-c1cc(C)on1. The molecule has 0 amide bonds. The highest BCUT2D eigenvalue weighted by atomic mass is 32.2. The lowest BCUT2D eigenvalue weighted by atomic mass is 10.2. The lowest BCUT2D eigenvalue weighted by Crippen LogP contribution is -1.85. The van der Waals surface area contributed by atoms with Crippen molar-refractivity contribution < 1.29 is 9.05 Å². The van der Waals surface area contributed by atoms with Gasteiger partial charge in [0.1, 0.15) is 5.76 Å². The van der Waals surface area contributed by atoms with Gasteiger partial charge < -0.3 is 9.05 Å². The fourth-order valence-corrected chi connectivity index (χ4v) is 2.01. The van der Waals surface area contributed by atoms with E-state index in [2.05, 4.69) is 10.3 Å². The molecule has 0 unspecified atom stereocenters. The molecule has 0 radical (unpaired) electrons. The van der Waals surface area contributed by atoms with Crippen molar-refractivity contribution in [1.29, 1.82) is 0 Å². The second-order valence-corrected chi connectivity index (χ2v) is 4.20. The van der Waals surface area contributed by atoms with Gasteiger partial charge in [0.05, 0.1) is 5.69 Å². The molecule has 2 aromatic rings. The van der Waals surface area contributed by atoms with Gasteiger partial charge in [0, 0.05) is 17.4 Å². The van der Waals surface area contributed by atoms with Gasteiger partial charge in [0.15, 0.2) is 11.5 Å². The third-order valence-electron chi connectivity index (χ3n) is 2.13. The molecule has 0 aliphatic heterocycles. The Morgan fingerprint density at radius 3 is 2.67 bits per heavy atom. The van der Waals surface area contributed by atoms with Crippen LogP contribution in [-0.4, -0.2) is 16.6 Å². The van der Waals surface area contributed by atoms with Crippen molar-refractivity contribution in [2.24, 2.45) is 0 Å². The first-order valence-corrected chi connectivity index (χ1v) is 5.99. The standard InChI is InChI=1S/C10H12N2O2S/c1-6-4-9(12-13-6)10-8(5-15-3)7(2)11-14-10/h4H,5H2,1-3H3. The van der Waals surface area contributed by atoms with E-state index in [1.165, 1.54) is 0 Å². The summed E-state index contributed by atoms with van der Waals surface area (Å²) in [7, 11) is 0. The predicted octanol–water partition coefficient (Wildman–Crippen LogP) is 2.81. The zero-order chi connectivity index (χ0) is 10.8. The van der Waals surface area contributed by atoms with Crippen molar-refractivity contribution in [3.63, 3.8) is 0 Å². The second kappa shape index (κ2) is 4.10. The van der Waals surface area contributed by atoms with E-state index < -0.39 is 0 Å². The summed E-state index contributed by atoms with van der Waals surface area (Å²) in [5, 5.41) is 7.88. The summed E-state index contributed by atoms with van der Waals surface area (Å²) in [5.41, 5.74) is 2.73. The molecule has 0 aromatic carbocycles. The molecule has 0 N–H and O–H groups in total. The molecular formula is C10H12N2O2S. The molecular weight excluding hydrogens is 212 g/mol. The normalized spacial score (nSPS) is 10.9. The summed E-state index contributed by atoms with van der Waals surface area (Å²) < 4.78 is 10.3. The Bertz CT molecular complexity index is 462. The third-order valence-corrected chi connectivity index (χ3v) is 2.71. The van der Waals surface area contributed by atoms with E-state index >= 15 is 0 Å². The van der Waals surface area contributed by atoms with Gasteiger partial charge in [-0.1, -0.05) is 10.3 Å². The first kappa shape index (κ1) is 10.3. The fourth-order valence-electron chi connectivity index (χ4n) is 1.38. The topological polar surface area (TPSA) is 52.1 Å². The maximum Gasteiger partial charge on any atom is 0.193 e. The molecule has 2 aromatic heterocycles. The smallest absolute Gasteiger partial charge is 0.193 e. The Balaban J connectivity index is 2.43. The number of aryl methyl sites for hydroxylation is 2. The Morgan fingerprint density at radius 2 is 2.07 bits per heavy atom. The van der Waals surface area contributed by atoms with E-state index in [4.69, 9.17) is 9.05 Å². The van der Waals surface area contributed by atoms with Crippen molar-refractivity contribution in [3.8, 4) is 11.5 Å². The van der Waals surface area contributed by atoms with Crippen LogP contribution < -0.4 is 0 Å². The van der Waals surface area contributed by atoms with Crippen molar-refractivity contribution in [3.05, 3.63) is 23.1 Å². The number of thioether (sulfide) groups is 1. The van der Waals surface area contributed by atoms with Gasteiger partial charge in [0.2, 0.25) is 0 Å². The number of hydrogen-bond acceptors (Lipinski definition) is 5. The molecule has 2 heterocycles. The molecule has 4 nitrogen and oxygen atoms in total. The molecule has 5 heteroatoms. The van der Waals surface area contributed by atoms with Crippen LogP contribution in [0.25, 0.3) is 11.5 Å². The van der Waals surface area contributed by atoms with Gasteiger partial charge in [-0.05, 0) is 20.1 Å². The molecule has 0 fully saturated rings. The van der Waals surface area contributed by atoms with Crippen LogP contribution in [0.15, 0.2) is 15.1 Å². The molecule has 0 saturated carbocycles. The zero-order valence-corrected chi connectivity index (χ0v) is 9.72. The first-order valence-electron chi connectivity index (χ1n) is 4.60. The summed E-state index contributed by atoms with van der Waals surface area (Å²) >= 11 is 1.73. The lowest BCUT2D eigenvalue weighted by molar-refractivity contribution is 0.390. The van der Waals surface area contributed by atoms with Crippen LogP contribution in [0.3, 0.4) is 0 Å². The number of hydrogen-bond donors (Lipinski definition) is 0. The third kappa shape index (κ3) is 1.92. The second-order valence-electron chi connectivity index (χ2n) is 3.33. The van der Waals surface area contributed by atoms with Gasteiger partial charge in [-0.3, -0.25) is 0 Å². The average Bonchev–Trinajstić information content (AvgIpc) is 2.76. The van der Waals surface area contributed by atoms with Crippen molar-refractivity contribution in [1.82, 2.24) is 10.3 Å². The van der Waals surface area contributed by atoms with Gasteiger partial charge in [0.25, 0.3) is 0 Å². The first-order chi connectivity index (χ1) is 7.22. The lowest BCUT2D eigenvalue weighted by Gasteiger charge is -1.95. The highest BCUT2D eigenvalue weighted by molar-refractivity contribution is 7.97. The molecule has 15 heavy (non-hydrogen) atoms. The van der Waals surface area contributed by atoms with Crippen molar-refractivity contribution in [2.45, 2.75) is 19.6 Å². The van der Waals surface area contributed by atoms with Crippen LogP contribution in [0.2, 0.25) is 0 Å². The largest absolute Gasteiger partial charge is 0.361 e. The van der Waals surface area contributed by atoms with E-state index in [0.717, 1.165) is 34.2 Å². The number of aromatic nitrogens is 2. The van der Waals surface area contributed by atoms with Crippen molar-refractivity contribution >= 4 is 11.8 Å². The molecule has 0 aliphatic rings. The van der Waals surface area contributed by atoms with Crippen LogP contribution in [0, 0.1) is 13.8 Å². The summed E-state index contributed by atoms with van der Waals surface area (Å²) in [6.07, 6.45) is 2.05. The van der Waals surface area contributed by atoms with Crippen LogP contribution in [0.5, 0.6) is 0 Å². The van der Waals surface area contributed by atoms with Crippen molar-refractivity contribution in [2.75, 3.05) is 6.26 Å². The maximum atomic E-state index is 5.26. The van der Waals surface area contributed by atoms with Crippen LogP contribution in [0.4, 0.5) is 0 Å². The maximum absolute atomic E-state index is 5.26. The predicted molar refractivity (Wildman–Crippen MR) is 58.7 cm³/mol. The Kier molecular flexibility index (Phi) is 2.81. The van der Waals surface area contributed by atoms with Gasteiger partial charge in [-0.2, -0.15) is 11.8 Å². The summed E-state index contributed by atoms with van der Waals surface area (Å²) in [6, 6.07) is 1.85. The van der Waals surface area contributed by atoms with Crippen LogP contribution >= 0.6 is 11.8 Å². The van der Waals surface area contributed by atoms with E-state index in [0.29, 0.717) is 0 Å². The molecule has 2 rings (SSSR count). The van der Waals surface area contributed by atoms with E-state index in [-0.39, 0.29) is 0 Å². The van der Waals surface area contributed by atoms with E-state index in [1.807, 2.05) is 26.2 Å². The molecule has 0 atom stereocenters. The summed E-state index contributed by atoms with van der Waals surface area (Å²) in [4.78, 5) is 0. The molecule has 0 spiro atoms. The number of nitrogens with zero attached hydrogens (tertiary/aromatic N) is 2. The molecule has 0 aliphatic carbocycles. The Labute approximate surface area is 92.0 Å². The molecule has 80 valence electrons. The van der Waals surface area contributed by atoms with Gasteiger partial charge >= 0.3 is 0 Å². The minimum Gasteiger partial charge on any atom is -0.361 e. The molecule has 0 saturated heterocycles.